The van der Waals surface area contributed by atoms with Crippen molar-refractivity contribution in [3.05, 3.63) is 17.0 Å². The molecule has 1 aromatic rings. The second-order valence-electron chi connectivity index (χ2n) is 4.95. The highest BCUT2D eigenvalue weighted by molar-refractivity contribution is 7.91. The lowest BCUT2D eigenvalue weighted by atomic mass is 10.1. The molecule has 0 spiro atoms. The zero-order valence-electron chi connectivity index (χ0n) is 11.0. The number of aryl methyl sites for hydroxylation is 1. The van der Waals surface area contributed by atoms with E-state index in [0.717, 1.165) is 36.2 Å². The van der Waals surface area contributed by atoms with Crippen LogP contribution in [-0.4, -0.2) is 30.5 Å². The monoisotopic (exact) mass is 271 g/mol. The molecule has 6 heteroatoms. The molecule has 2 N–H and O–H groups in total. The summed E-state index contributed by atoms with van der Waals surface area (Å²) in [6, 6.07) is 0. The van der Waals surface area contributed by atoms with E-state index in [9.17, 15) is 8.42 Å². The SMILES string of the molecule is Cc1nn(C2CCCS2(=O)=O)c(C)c1CCCN. The van der Waals surface area contributed by atoms with Gasteiger partial charge in [-0.2, -0.15) is 5.10 Å². The molecule has 1 fully saturated rings. The molecule has 2 heterocycles. The van der Waals surface area contributed by atoms with E-state index in [-0.39, 0.29) is 5.75 Å². The van der Waals surface area contributed by atoms with Crippen molar-refractivity contribution < 1.29 is 8.42 Å². The first kappa shape index (κ1) is 13.5. The standard InChI is InChI=1S/C12H21N3O2S/c1-9-11(5-3-7-13)10(2)15(14-9)12-6-4-8-18(12,16)17/h12H,3-8,13H2,1-2H3. The summed E-state index contributed by atoms with van der Waals surface area (Å²) in [6.07, 6.45) is 3.20. The number of hydrogen-bond acceptors (Lipinski definition) is 4. The van der Waals surface area contributed by atoms with E-state index < -0.39 is 15.2 Å². The molecule has 0 aromatic carbocycles. The van der Waals surface area contributed by atoms with Crippen molar-refractivity contribution in [2.45, 2.75) is 44.9 Å². The summed E-state index contributed by atoms with van der Waals surface area (Å²) in [5, 5.41) is 3.98. The molecule has 1 aliphatic rings. The molecule has 5 nitrogen and oxygen atoms in total. The van der Waals surface area contributed by atoms with Crippen LogP contribution >= 0.6 is 0 Å². The molecule has 0 saturated carbocycles. The van der Waals surface area contributed by atoms with Gasteiger partial charge in [-0.1, -0.05) is 0 Å². The third kappa shape index (κ3) is 2.31. The Morgan fingerprint density at radius 2 is 2.17 bits per heavy atom. The Hall–Kier alpha value is -0.880. The zero-order chi connectivity index (χ0) is 13.3. The van der Waals surface area contributed by atoms with Crippen LogP contribution in [0.4, 0.5) is 0 Å². The van der Waals surface area contributed by atoms with Gasteiger partial charge >= 0.3 is 0 Å². The largest absolute Gasteiger partial charge is 0.330 e. The van der Waals surface area contributed by atoms with Crippen molar-refractivity contribution >= 4 is 9.84 Å². The molecule has 18 heavy (non-hydrogen) atoms. The van der Waals surface area contributed by atoms with Gasteiger partial charge in [-0.25, -0.2) is 8.42 Å². The van der Waals surface area contributed by atoms with Crippen LogP contribution < -0.4 is 5.73 Å². The average Bonchev–Trinajstić information content (AvgIpc) is 2.77. The van der Waals surface area contributed by atoms with E-state index in [0.29, 0.717) is 13.0 Å². The summed E-state index contributed by atoms with van der Waals surface area (Å²) in [4.78, 5) is 0. The van der Waals surface area contributed by atoms with Crippen LogP contribution in [0.3, 0.4) is 0 Å². The fourth-order valence-electron chi connectivity index (χ4n) is 2.67. The van der Waals surface area contributed by atoms with Crippen LogP contribution in [0, 0.1) is 13.8 Å². The van der Waals surface area contributed by atoms with Crippen molar-refractivity contribution in [3.63, 3.8) is 0 Å². The highest BCUT2D eigenvalue weighted by Gasteiger charge is 2.34. The normalized spacial score (nSPS) is 22.5. The van der Waals surface area contributed by atoms with Crippen molar-refractivity contribution in [2.75, 3.05) is 12.3 Å². The zero-order valence-corrected chi connectivity index (χ0v) is 11.8. The predicted molar refractivity (Wildman–Crippen MR) is 71.1 cm³/mol. The van der Waals surface area contributed by atoms with Crippen LogP contribution in [0.1, 0.15) is 41.6 Å². The fourth-order valence-corrected chi connectivity index (χ4v) is 4.54. The lowest BCUT2D eigenvalue weighted by Crippen LogP contribution is -2.18. The van der Waals surface area contributed by atoms with Gasteiger partial charge < -0.3 is 5.73 Å². The summed E-state index contributed by atoms with van der Waals surface area (Å²) < 4.78 is 25.6. The minimum absolute atomic E-state index is 0.286. The van der Waals surface area contributed by atoms with E-state index >= 15 is 0 Å². The molecule has 1 atom stereocenters. The van der Waals surface area contributed by atoms with Gasteiger partial charge in [0.2, 0.25) is 0 Å². The molecule has 102 valence electrons. The summed E-state index contributed by atoms with van der Waals surface area (Å²) in [5.41, 5.74) is 8.60. The molecule has 0 bridgehead atoms. The van der Waals surface area contributed by atoms with Gasteiger partial charge in [-0.05, 0) is 51.6 Å². The highest BCUT2D eigenvalue weighted by atomic mass is 32.2. The second-order valence-corrected chi connectivity index (χ2v) is 7.23. The van der Waals surface area contributed by atoms with E-state index in [2.05, 4.69) is 5.10 Å². The summed E-state index contributed by atoms with van der Waals surface area (Å²) in [6.45, 7) is 4.54. The first-order valence-electron chi connectivity index (χ1n) is 6.43. The van der Waals surface area contributed by atoms with Crippen LogP contribution in [-0.2, 0) is 16.3 Å². The van der Waals surface area contributed by atoms with Gasteiger partial charge in [0.05, 0.1) is 11.4 Å². The van der Waals surface area contributed by atoms with Gasteiger partial charge in [-0.15, -0.1) is 0 Å². The van der Waals surface area contributed by atoms with Crippen LogP contribution in [0.25, 0.3) is 0 Å². The minimum atomic E-state index is -3.01. The lowest BCUT2D eigenvalue weighted by Gasteiger charge is -2.12. The van der Waals surface area contributed by atoms with E-state index in [1.807, 2.05) is 13.8 Å². The number of nitrogens with zero attached hydrogens (tertiary/aromatic N) is 2. The number of rotatable bonds is 4. The minimum Gasteiger partial charge on any atom is -0.330 e. The predicted octanol–water partition coefficient (Wildman–Crippen LogP) is 1.10. The molecular formula is C12H21N3O2S. The van der Waals surface area contributed by atoms with Gasteiger partial charge in [0.15, 0.2) is 15.2 Å². The maximum Gasteiger partial charge on any atom is 0.173 e. The molecular weight excluding hydrogens is 250 g/mol. The van der Waals surface area contributed by atoms with E-state index in [1.54, 1.807) is 4.68 Å². The molecule has 0 radical (unpaired) electrons. The molecule has 1 aliphatic heterocycles. The van der Waals surface area contributed by atoms with Gasteiger partial charge in [0, 0.05) is 5.69 Å². The lowest BCUT2D eigenvalue weighted by molar-refractivity contribution is 0.516. The van der Waals surface area contributed by atoms with E-state index in [1.165, 1.54) is 0 Å². The maximum absolute atomic E-state index is 12.0. The number of sulfone groups is 1. The topological polar surface area (TPSA) is 78.0 Å². The number of nitrogens with two attached hydrogens (primary N) is 1. The molecule has 1 aromatic heterocycles. The number of aromatic nitrogens is 2. The van der Waals surface area contributed by atoms with Crippen molar-refractivity contribution in [3.8, 4) is 0 Å². The molecule has 0 aliphatic carbocycles. The summed E-state index contributed by atoms with van der Waals surface area (Å²) in [7, 11) is -3.01. The van der Waals surface area contributed by atoms with Crippen molar-refractivity contribution in [1.82, 2.24) is 9.78 Å². The Balaban J connectivity index is 2.35. The molecule has 1 unspecified atom stereocenters. The maximum atomic E-state index is 12.0. The average molecular weight is 271 g/mol. The highest BCUT2D eigenvalue weighted by Crippen LogP contribution is 2.31. The van der Waals surface area contributed by atoms with Crippen LogP contribution in [0.15, 0.2) is 0 Å². The quantitative estimate of drug-likeness (QED) is 0.889. The second kappa shape index (κ2) is 5.01. The van der Waals surface area contributed by atoms with Crippen LogP contribution in [0.5, 0.6) is 0 Å². The smallest absolute Gasteiger partial charge is 0.173 e. The molecule has 0 amide bonds. The first-order chi connectivity index (χ1) is 8.47. The Bertz CT molecular complexity index is 534. The summed E-state index contributed by atoms with van der Waals surface area (Å²) in [5.74, 6) is 0.286. The number of hydrogen-bond donors (Lipinski definition) is 1. The third-order valence-electron chi connectivity index (χ3n) is 3.67. The summed E-state index contributed by atoms with van der Waals surface area (Å²) >= 11 is 0. The van der Waals surface area contributed by atoms with Crippen molar-refractivity contribution in [2.24, 2.45) is 5.73 Å². The Morgan fingerprint density at radius 1 is 1.44 bits per heavy atom. The van der Waals surface area contributed by atoms with Gasteiger partial charge in [-0.3, -0.25) is 4.68 Å². The van der Waals surface area contributed by atoms with Gasteiger partial charge in [0.1, 0.15) is 0 Å². The van der Waals surface area contributed by atoms with Crippen LogP contribution in [0.2, 0.25) is 0 Å². The Morgan fingerprint density at radius 3 is 2.72 bits per heavy atom. The Kier molecular flexibility index (Phi) is 3.77. The molecule has 1 saturated heterocycles. The first-order valence-corrected chi connectivity index (χ1v) is 8.15. The third-order valence-corrected chi connectivity index (χ3v) is 5.80. The van der Waals surface area contributed by atoms with Gasteiger partial charge in [0.25, 0.3) is 0 Å². The fraction of sp³-hybridized carbons (Fsp3) is 0.750. The molecule has 2 rings (SSSR count). The Labute approximate surface area is 108 Å². The van der Waals surface area contributed by atoms with E-state index in [4.69, 9.17) is 5.73 Å². The van der Waals surface area contributed by atoms with Crippen molar-refractivity contribution in [1.29, 1.82) is 0 Å².